The first-order chi connectivity index (χ1) is 10.1. The predicted octanol–water partition coefficient (Wildman–Crippen LogP) is 5.15. The highest BCUT2D eigenvalue weighted by Gasteiger charge is 2.19. The Morgan fingerprint density at radius 2 is 2.19 bits per heavy atom. The van der Waals surface area contributed by atoms with Crippen molar-refractivity contribution in [2.45, 2.75) is 32.4 Å². The maximum absolute atomic E-state index is 6.03. The van der Waals surface area contributed by atoms with Crippen molar-refractivity contribution in [2.24, 2.45) is 0 Å². The third kappa shape index (κ3) is 5.29. The van der Waals surface area contributed by atoms with E-state index in [0.29, 0.717) is 5.02 Å². The van der Waals surface area contributed by atoms with Crippen molar-refractivity contribution < 1.29 is 4.74 Å². The molecule has 1 aromatic carbocycles. The zero-order valence-electron chi connectivity index (χ0n) is 12.1. The Kier molecular flexibility index (Phi) is 6.55. The Balaban J connectivity index is 2.02. The summed E-state index contributed by atoms with van der Waals surface area (Å²) in [5.41, 5.74) is 0. The summed E-state index contributed by atoms with van der Waals surface area (Å²) in [6.07, 6.45) is 1.01. The maximum Gasteiger partial charge on any atom is 0.121 e. The summed E-state index contributed by atoms with van der Waals surface area (Å²) in [4.78, 5) is 1.34. The average molecular weight is 389 g/mol. The number of hydrogen-bond acceptors (Lipinski definition) is 3. The standard InChI is InChI=1S/C16H19BrClNOS/c1-3-19-16(9-15-7-12(17)10-21-15)11(2)20-14-6-4-5-13(18)8-14/h4-8,10-11,16,19H,3,9H2,1-2H3. The number of hydrogen-bond donors (Lipinski definition) is 1. The predicted molar refractivity (Wildman–Crippen MR) is 94.7 cm³/mol. The average Bonchev–Trinajstić information content (AvgIpc) is 2.84. The van der Waals surface area contributed by atoms with E-state index in [1.54, 1.807) is 11.3 Å². The lowest BCUT2D eigenvalue weighted by Gasteiger charge is -2.25. The van der Waals surface area contributed by atoms with E-state index in [-0.39, 0.29) is 12.1 Å². The molecule has 0 aliphatic rings. The summed E-state index contributed by atoms with van der Waals surface area (Å²) >= 11 is 11.3. The molecule has 0 bridgehead atoms. The third-order valence-electron chi connectivity index (χ3n) is 3.19. The van der Waals surface area contributed by atoms with Crippen LogP contribution < -0.4 is 10.1 Å². The number of rotatable bonds is 7. The van der Waals surface area contributed by atoms with Crippen LogP contribution in [-0.2, 0) is 6.42 Å². The van der Waals surface area contributed by atoms with Gasteiger partial charge in [0.05, 0.1) is 0 Å². The molecule has 0 radical (unpaired) electrons. The van der Waals surface area contributed by atoms with Gasteiger partial charge in [0.15, 0.2) is 0 Å². The van der Waals surface area contributed by atoms with Gasteiger partial charge in [0.25, 0.3) is 0 Å². The number of nitrogens with one attached hydrogen (secondary N) is 1. The van der Waals surface area contributed by atoms with E-state index in [0.717, 1.165) is 23.2 Å². The van der Waals surface area contributed by atoms with Gasteiger partial charge in [-0.1, -0.05) is 24.6 Å². The second kappa shape index (κ2) is 8.18. The van der Waals surface area contributed by atoms with Gasteiger partial charge in [-0.25, -0.2) is 0 Å². The highest BCUT2D eigenvalue weighted by Crippen LogP contribution is 2.23. The minimum atomic E-state index is 0.0595. The van der Waals surface area contributed by atoms with Gasteiger partial charge >= 0.3 is 0 Å². The second-order valence-electron chi connectivity index (χ2n) is 4.88. The van der Waals surface area contributed by atoms with Crippen LogP contribution in [0.5, 0.6) is 5.75 Å². The van der Waals surface area contributed by atoms with Crippen molar-refractivity contribution in [3.8, 4) is 5.75 Å². The molecule has 1 N–H and O–H groups in total. The van der Waals surface area contributed by atoms with Crippen molar-refractivity contribution in [3.05, 3.63) is 50.1 Å². The highest BCUT2D eigenvalue weighted by atomic mass is 79.9. The molecule has 2 rings (SSSR count). The summed E-state index contributed by atoms with van der Waals surface area (Å²) in [5, 5.41) is 6.32. The molecule has 0 saturated carbocycles. The lowest BCUT2D eigenvalue weighted by atomic mass is 10.1. The first-order valence-electron chi connectivity index (χ1n) is 6.97. The van der Waals surface area contributed by atoms with Crippen molar-refractivity contribution in [2.75, 3.05) is 6.54 Å². The fourth-order valence-electron chi connectivity index (χ4n) is 2.18. The Hall–Kier alpha value is -0.550. The molecule has 1 heterocycles. The Bertz CT molecular complexity index is 575. The fourth-order valence-corrected chi connectivity index (χ4v) is 3.87. The highest BCUT2D eigenvalue weighted by molar-refractivity contribution is 9.10. The molecule has 2 atom stereocenters. The topological polar surface area (TPSA) is 21.3 Å². The van der Waals surface area contributed by atoms with Crippen molar-refractivity contribution >= 4 is 38.9 Å². The lowest BCUT2D eigenvalue weighted by Crippen LogP contribution is -2.42. The molecule has 0 aliphatic heterocycles. The zero-order valence-corrected chi connectivity index (χ0v) is 15.3. The van der Waals surface area contributed by atoms with E-state index in [4.69, 9.17) is 16.3 Å². The number of ether oxygens (including phenoxy) is 1. The summed E-state index contributed by atoms with van der Waals surface area (Å²) < 4.78 is 7.17. The van der Waals surface area contributed by atoms with Gasteiger partial charge in [-0.05, 0) is 53.7 Å². The Labute approximate surface area is 143 Å². The molecule has 2 aromatic rings. The fraction of sp³-hybridized carbons (Fsp3) is 0.375. The number of benzene rings is 1. The molecule has 0 fully saturated rings. The van der Waals surface area contributed by atoms with E-state index >= 15 is 0 Å². The van der Waals surface area contributed by atoms with Gasteiger partial charge in [0, 0.05) is 32.2 Å². The molecule has 21 heavy (non-hydrogen) atoms. The molecule has 0 amide bonds. The normalized spacial score (nSPS) is 13.9. The van der Waals surface area contributed by atoms with Gasteiger partial charge < -0.3 is 10.1 Å². The van der Waals surface area contributed by atoms with Crippen LogP contribution in [0.1, 0.15) is 18.7 Å². The monoisotopic (exact) mass is 387 g/mol. The van der Waals surface area contributed by atoms with E-state index in [9.17, 15) is 0 Å². The Morgan fingerprint density at radius 1 is 1.38 bits per heavy atom. The van der Waals surface area contributed by atoms with Crippen molar-refractivity contribution in [1.82, 2.24) is 5.32 Å². The van der Waals surface area contributed by atoms with Crippen LogP contribution in [0.3, 0.4) is 0 Å². The molecular weight excluding hydrogens is 370 g/mol. The summed E-state index contributed by atoms with van der Waals surface area (Å²) in [7, 11) is 0. The molecule has 0 aliphatic carbocycles. The SMILES string of the molecule is CCNC(Cc1cc(Br)cs1)C(C)Oc1cccc(Cl)c1. The van der Waals surface area contributed by atoms with Gasteiger partial charge in [-0.3, -0.25) is 0 Å². The first-order valence-corrected chi connectivity index (χ1v) is 9.02. The lowest BCUT2D eigenvalue weighted by molar-refractivity contribution is 0.171. The van der Waals surface area contributed by atoms with E-state index in [2.05, 4.69) is 46.5 Å². The summed E-state index contributed by atoms with van der Waals surface area (Å²) in [6.45, 7) is 5.13. The number of halogens is 2. The summed E-state index contributed by atoms with van der Waals surface area (Å²) in [5.74, 6) is 0.810. The van der Waals surface area contributed by atoms with Crippen LogP contribution in [0.2, 0.25) is 5.02 Å². The minimum absolute atomic E-state index is 0.0595. The molecular formula is C16H19BrClNOS. The van der Waals surface area contributed by atoms with Crippen molar-refractivity contribution in [1.29, 1.82) is 0 Å². The molecule has 1 aromatic heterocycles. The van der Waals surface area contributed by atoms with Crippen LogP contribution in [0, 0.1) is 0 Å². The smallest absolute Gasteiger partial charge is 0.121 e. The second-order valence-corrected chi connectivity index (χ2v) is 7.23. The first kappa shape index (κ1) is 16.8. The van der Waals surface area contributed by atoms with Crippen LogP contribution in [0.25, 0.3) is 0 Å². The molecule has 0 saturated heterocycles. The largest absolute Gasteiger partial charge is 0.489 e. The quantitative estimate of drug-likeness (QED) is 0.708. The minimum Gasteiger partial charge on any atom is -0.489 e. The van der Waals surface area contributed by atoms with Crippen molar-refractivity contribution in [3.63, 3.8) is 0 Å². The van der Waals surface area contributed by atoms with Gasteiger partial charge in [-0.2, -0.15) is 0 Å². The van der Waals surface area contributed by atoms with Crippen LogP contribution in [-0.4, -0.2) is 18.7 Å². The Morgan fingerprint density at radius 3 is 2.81 bits per heavy atom. The van der Waals surface area contributed by atoms with E-state index in [1.165, 1.54) is 4.88 Å². The number of thiophene rings is 1. The van der Waals surface area contributed by atoms with Crippen LogP contribution >= 0.6 is 38.9 Å². The molecule has 0 spiro atoms. The molecule has 2 nitrogen and oxygen atoms in total. The van der Waals surface area contributed by atoms with E-state index < -0.39 is 0 Å². The number of likely N-dealkylation sites (N-methyl/N-ethyl adjacent to an activating group) is 1. The zero-order chi connectivity index (χ0) is 15.2. The third-order valence-corrected chi connectivity index (χ3v) is 5.15. The van der Waals surface area contributed by atoms with E-state index in [1.807, 2.05) is 24.3 Å². The summed E-state index contributed by atoms with van der Waals surface area (Å²) in [6, 6.07) is 9.98. The van der Waals surface area contributed by atoms with Crippen LogP contribution in [0.15, 0.2) is 40.2 Å². The maximum atomic E-state index is 6.03. The van der Waals surface area contributed by atoms with Gasteiger partial charge in [0.1, 0.15) is 11.9 Å². The molecule has 2 unspecified atom stereocenters. The van der Waals surface area contributed by atoms with Gasteiger partial charge in [0.2, 0.25) is 0 Å². The van der Waals surface area contributed by atoms with Gasteiger partial charge in [-0.15, -0.1) is 11.3 Å². The molecule has 5 heteroatoms. The molecule has 114 valence electrons. The van der Waals surface area contributed by atoms with Crippen LogP contribution in [0.4, 0.5) is 0 Å².